The molecular weight excluding hydrogens is 257 g/mol. The molecule has 1 heterocycles. The summed E-state index contributed by atoms with van der Waals surface area (Å²) in [6.45, 7) is 0. The van der Waals surface area contributed by atoms with Crippen LogP contribution in [0.1, 0.15) is 16.2 Å². The lowest BCUT2D eigenvalue weighted by molar-refractivity contribution is -0.141. The summed E-state index contributed by atoms with van der Waals surface area (Å²) in [4.78, 5) is 10.3. The van der Waals surface area contributed by atoms with Crippen LogP contribution in [-0.4, -0.2) is 21.3 Å². The number of carboxylic acid groups (broad SMARTS) is 1. The largest absolute Gasteiger partial charge is 0.476 e. The van der Waals surface area contributed by atoms with Crippen molar-refractivity contribution in [3.8, 4) is 0 Å². The van der Waals surface area contributed by atoms with Crippen LogP contribution in [0.4, 0.5) is 13.2 Å². The minimum Gasteiger partial charge on any atom is -0.476 e. The zero-order valence-electron chi connectivity index (χ0n) is 5.81. The van der Waals surface area contributed by atoms with Crippen LogP contribution < -0.4 is 0 Å². The summed E-state index contributed by atoms with van der Waals surface area (Å²) in [5.41, 5.74) is -1.89. The van der Waals surface area contributed by atoms with Gasteiger partial charge in [0.25, 0.3) is 0 Å². The zero-order chi connectivity index (χ0) is 10.2. The summed E-state index contributed by atoms with van der Waals surface area (Å²) in [6.07, 6.45) is -4.64. The fraction of sp³-hybridized carbons (Fsp3) is 0.200. The molecule has 0 amide bonds. The normalized spacial score (nSPS) is 11.7. The molecule has 0 aliphatic carbocycles. The molecule has 2 N–H and O–H groups in total. The van der Waals surface area contributed by atoms with E-state index in [1.165, 1.54) is 0 Å². The summed E-state index contributed by atoms with van der Waals surface area (Å²) in [5, 5.41) is 12.9. The lowest BCUT2D eigenvalue weighted by Crippen LogP contribution is -2.06. The van der Waals surface area contributed by atoms with Gasteiger partial charge in [-0.05, 0) is 15.9 Å². The number of nitrogens with zero attached hydrogens (tertiary/aromatic N) is 1. The number of aromatic carboxylic acids is 1. The minimum atomic E-state index is -4.64. The Labute approximate surface area is 77.9 Å². The highest BCUT2D eigenvalue weighted by atomic mass is 79.9. The second kappa shape index (κ2) is 3.02. The van der Waals surface area contributed by atoms with E-state index in [2.05, 4.69) is 21.0 Å². The number of carbonyl (C=O) groups is 1. The quantitative estimate of drug-likeness (QED) is 0.809. The molecule has 0 spiro atoms. The molecule has 0 radical (unpaired) electrons. The third-order valence-corrected chi connectivity index (χ3v) is 1.97. The van der Waals surface area contributed by atoms with Crippen molar-refractivity contribution >= 4 is 21.9 Å². The molecule has 0 saturated heterocycles. The molecule has 0 aromatic carbocycles. The summed E-state index contributed by atoms with van der Waals surface area (Å²) in [7, 11) is 0. The van der Waals surface area contributed by atoms with E-state index in [0.29, 0.717) is 0 Å². The van der Waals surface area contributed by atoms with E-state index < -0.39 is 28.0 Å². The van der Waals surface area contributed by atoms with Crippen molar-refractivity contribution in [1.82, 2.24) is 10.2 Å². The molecule has 1 aromatic heterocycles. The van der Waals surface area contributed by atoms with Gasteiger partial charge in [-0.1, -0.05) is 0 Å². The lowest BCUT2D eigenvalue weighted by Gasteiger charge is -2.02. The molecule has 0 unspecified atom stereocenters. The van der Waals surface area contributed by atoms with E-state index in [-0.39, 0.29) is 0 Å². The first-order valence-electron chi connectivity index (χ1n) is 2.88. The molecule has 0 saturated carbocycles. The van der Waals surface area contributed by atoms with Gasteiger partial charge in [-0.3, -0.25) is 5.10 Å². The Bertz CT molecular complexity index is 346. The van der Waals surface area contributed by atoms with Gasteiger partial charge in [-0.2, -0.15) is 18.3 Å². The van der Waals surface area contributed by atoms with Crippen LogP contribution in [0.2, 0.25) is 0 Å². The predicted molar refractivity (Wildman–Crippen MR) is 38.2 cm³/mol. The summed E-state index contributed by atoms with van der Waals surface area (Å²) in [6, 6.07) is 0. The van der Waals surface area contributed by atoms with Crippen LogP contribution in [0.5, 0.6) is 0 Å². The topological polar surface area (TPSA) is 66.0 Å². The number of hydrogen-bond donors (Lipinski definition) is 2. The number of halogens is 4. The first kappa shape index (κ1) is 10.0. The standard InChI is InChI=1S/C5H2BrF3N2O2/c6-1-2(4(12)13)10-11-3(1)5(7,8)9/h(H,10,11)(H,12,13). The Morgan fingerprint density at radius 2 is 2.08 bits per heavy atom. The molecule has 72 valence electrons. The van der Waals surface area contributed by atoms with E-state index in [1.807, 2.05) is 0 Å². The van der Waals surface area contributed by atoms with E-state index in [9.17, 15) is 18.0 Å². The molecule has 8 heteroatoms. The second-order valence-corrected chi connectivity index (χ2v) is 2.86. The van der Waals surface area contributed by atoms with Gasteiger partial charge in [0.1, 0.15) is 0 Å². The molecule has 13 heavy (non-hydrogen) atoms. The van der Waals surface area contributed by atoms with E-state index in [0.717, 1.165) is 0 Å². The number of alkyl halides is 3. The monoisotopic (exact) mass is 258 g/mol. The van der Waals surface area contributed by atoms with E-state index >= 15 is 0 Å². The van der Waals surface area contributed by atoms with Gasteiger partial charge in [-0.25, -0.2) is 4.79 Å². The van der Waals surface area contributed by atoms with Gasteiger partial charge >= 0.3 is 12.1 Å². The first-order chi connectivity index (χ1) is 5.84. The van der Waals surface area contributed by atoms with Crippen molar-refractivity contribution in [3.63, 3.8) is 0 Å². The molecule has 0 fully saturated rings. The van der Waals surface area contributed by atoms with Gasteiger partial charge in [0, 0.05) is 0 Å². The zero-order valence-corrected chi connectivity index (χ0v) is 7.40. The Balaban J connectivity index is 3.22. The highest BCUT2D eigenvalue weighted by molar-refractivity contribution is 9.10. The molecule has 4 nitrogen and oxygen atoms in total. The van der Waals surface area contributed by atoms with Crippen molar-refractivity contribution in [2.24, 2.45) is 0 Å². The second-order valence-electron chi connectivity index (χ2n) is 2.06. The van der Waals surface area contributed by atoms with E-state index in [1.54, 1.807) is 5.10 Å². The Morgan fingerprint density at radius 3 is 2.31 bits per heavy atom. The summed E-state index contributed by atoms with van der Waals surface area (Å²) >= 11 is 2.49. The third-order valence-electron chi connectivity index (χ3n) is 1.19. The molecule has 1 rings (SSSR count). The fourth-order valence-electron chi connectivity index (χ4n) is 0.658. The Morgan fingerprint density at radius 1 is 1.54 bits per heavy atom. The van der Waals surface area contributed by atoms with Crippen LogP contribution in [0.15, 0.2) is 4.47 Å². The highest BCUT2D eigenvalue weighted by Gasteiger charge is 2.37. The Hall–Kier alpha value is -1.05. The average molecular weight is 259 g/mol. The van der Waals surface area contributed by atoms with Crippen LogP contribution in [0.25, 0.3) is 0 Å². The number of hydrogen-bond acceptors (Lipinski definition) is 2. The maximum Gasteiger partial charge on any atom is 0.433 e. The maximum atomic E-state index is 12.0. The van der Waals surface area contributed by atoms with Gasteiger partial charge in [0.15, 0.2) is 11.4 Å². The van der Waals surface area contributed by atoms with Crippen molar-refractivity contribution in [2.75, 3.05) is 0 Å². The highest BCUT2D eigenvalue weighted by Crippen LogP contribution is 2.34. The lowest BCUT2D eigenvalue weighted by atomic mass is 10.3. The third kappa shape index (κ3) is 1.82. The maximum absolute atomic E-state index is 12.0. The molecule has 0 aliphatic rings. The molecular formula is C5H2BrF3N2O2. The molecule has 0 atom stereocenters. The SMILES string of the molecule is O=C(O)c1n[nH]c(C(F)(F)F)c1Br. The van der Waals surface area contributed by atoms with Gasteiger partial charge < -0.3 is 5.11 Å². The summed E-state index contributed by atoms with van der Waals surface area (Å²) in [5.74, 6) is -1.53. The van der Waals surface area contributed by atoms with Crippen molar-refractivity contribution in [2.45, 2.75) is 6.18 Å². The average Bonchev–Trinajstić information content (AvgIpc) is 2.28. The van der Waals surface area contributed by atoms with Gasteiger partial charge in [-0.15, -0.1) is 0 Å². The van der Waals surface area contributed by atoms with Crippen LogP contribution in [-0.2, 0) is 6.18 Å². The Kier molecular flexibility index (Phi) is 2.33. The number of rotatable bonds is 1. The van der Waals surface area contributed by atoms with Crippen molar-refractivity contribution < 1.29 is 23.1 Å². The molecule has 0 bridgehead atoms. The van der Waals surface area contributed by atoms with Crippen LogP contribution in [0, 0.1) is 0 Å². The van der Waals surface area contributed by atoms with Gasteiger partial charge in [0.05, 0.1) is 4.47 Å². The van der Waals surface area contributed by atoms with Crippen LogP contribution in [0.3, 0.4) is 0 Å². The fourth-order valence-corrected chi connectivity index (χ4v) is 1.23. The number of H-pyrrole nitrogens is 1. The predicted octanol–water partition coefficient (Wildman–Crippen LogP) is 1.89. The number of aromatic amines is 1. The number of carboxylic acids is 1. The van der Waals surface area contributed by atoms with Crippen molar-refractivity contribution in [3.05, 3.63) is 15.9 Å². The van der Waals surface area contributed by atoms with Crippen molar-refractivity contribution in [1.29, 1.82) is 0 Å². The van der Waals surface area contributed by atoms with Gasteiger partial charge in [0.2, 0.25) is 0 Å². The first-order valence-corrected chi connectivity index (χ1v) is 3.67. The number of aromatic nitrogens is 2. The molecule has 0 aliphatic heterocycles. The smallest absolute Gasteiger partial charge is 0.433 e. The molecule has 1 aromatic rings. The van der Waals surface area contributed by atoms with E-state index in [4.69, 9.17) is 5.11 Å². The van der Waals surface area contributed by atoms with Crippen LogP contribution >= 0.6 is 15.9 Å². The summed E-state index contributed by atoms with van der Waals surface area (Å²) < 4.78 is 35.5. The minimum absolute atomic E-state index is 0.590. The number of nitrogens with one attached hydrogen (secondary N) is 1.